The molecule has 0 saturated heterocycles. The summed E-state index contributed by atoms with van der Waals surface area (Å²) >= 11 is 1.60. The van der Waals surface area contributed by atoms with Crippen LogP contribution in [0.1, 0.15) is 21.6 Å². The van der Waals surface area contributed by atoms with Crippen LogP contribution in [0.25, 0.3) is 11.8 Å². The van der Waals surface area contributed by atoms with E-state index >= 15 is 0 Å². The maximum atomic E-state index is 11.9. The van der Waals surface area contributed by atoms with Crippen molar-refractivity contribution in [3.63, 3.8) is 0 Å². The number of esters is 1. The normalized spacial score (nSPS) is 16.4. The van der Waals surface area contributed by atoms with Crippen molar-refractivity contribution < 1.29 is 9.53 Å². The third-order valence-electron chi connectivity index (χ3n) is 3.21. The van der Waals surface area contributed by atoms with Crippen molar-refractivity contribution in [2.45, 2.75) is 13.8 Å². The molecule has 0 bridgehead atoms. The Kier molecular flexibility index (Phi) is 3.28. The standard InChI is InChI=1S/C17H14O2S/c1-11-5-6-15(12(2)8-11)16-10-13(17(18)19-16)9-14-4-3-7-20-14/h3-10H,1-2H3/b13-9+. The molecule has 3 rings (SSSR count). The Morgan fingerprint density at radius 3 is 2.75 bits per heavy atom. The summed E-state index contributed by atoms with van der Waals surface area (Å²) in [6, 6.07) is 10.1. The number of carbonyl (C=O) groups is 1. The zero-order valence-electron chi connectivity index (χ0n) is 11.3. The highest BCUT2D eigenvalue weighted by molar-refractivity contribution is 7.10. The molecule has 1 aliphatic rings. The second-order valence-corrected chi connectivity index (χ2v) is 5.81. The Balaban J connectivity index is 1.98. The lowest BCUT2D eigenvalue weighted by Gasteiger charge is -2.06. The number of carbonyl (C=O) groups excluding carboxylic acids is 1. The third-order valence-corrected chi connectivity index (χ3v) is 4.03. The summed E-state index contributed by atoms with van der Waals surface area (Å²) in [5, 5.41) is 1.99. The SMILES string of the molecule is Cc1ccc(C2=C/C(=C\c3cccs3)C(=O)O2)c(C)c1. The quantitative estimate of drug-likeness (QED) is 0.605. The van der Waals surface area contributed by atoms with Crippen LogP contribution in [0, 0.1) is 13.8 Å². The first-order chi connectivity index (χ1) is 9.63. The monoisotopic (exact) mass is 282 g/mol. The van der Waals surface area contributed by atoms with Gasteiger partial charge in [0.25, 0.3) is 0 Å². The molecular weight excluding hydrogens is 268 g/mol. The molecule has 0 fully saturated rings. The van der Waals surface area contributed by atoms with Gasteiger partial charge in [-0.05, 0) is 43.0 Å². The topological polar surface area (TPSA) is 26.3 Å². The van der Waals surface area contributed by atoms with Crippen LogP contribution in [0.2, 0.25) is 0 Å². The van der Waals surface area contributed by atoms with Gasteiger partial charge in [-0.2, -0.15) is 0 Å². The van der Waals surface area contributed by atoms with Crippen molar-refractivity contribution in [3.05, 3.63) is 68.9 Å². The fraction of sp³-hybridized carbons (Fsp3) is 0.118. The molecule has 2 nitrogen and oxygen atoms in total. The first-order valence-electron chi connectivity index (χ1n) is 6.40. The number of cyclic esters (lactones) is 1. The largest absolute Gasteiger partial charge is 0.422 e. The van der Waals surface area contributed by atoms with E-state index in [-0.39, 0.29) is 5.97 Å². The molecule has 0 saturated carbocycles. The van der Waals surface area contributed by atoms with E-state index in [2.05, 4.69) is 6.07 Å². The van der Waals surface area contributed by atoms with Crippen molar-refractivity contribution in [2.75, 3.05) is 0 Å². The third kappa shape index (κ3) is 2.45. The number of thiophene rings is 1. The number of rotatable bonds is 2. The fourth-order valence-corrected chi connectivity index (χ4v) is 2.90. The summed E-state index contributed by atoms with van der Waals surface area (Å²) in [6.07, 6.45) is 3.68. The Labute approximate surface area is 122 Å². The van der Waals surface area contributed by atoms with Gasteiger partial charge in [0.1, 0.15) is 5.76 Å². The van der Waals surface area contributed by atoms with Gasteiger partial charge < -0.3 is 4.74 Å². The van der Waals surface area contributed by atoms with Crippen LogP contribution in [0.5, 0.6) is 0 Å². The Bertz CT molecular complexity index is 721. The van der Waals surface area contributed by atoms with E-state index in [9.17, 15) is 4.79 Å². The van der Waals surface area contributed by atoms with E-state index in [4.69, 9.17) is 4.74 Å². The molecule has 3 heteroatoms. The molecule has 0 spiro atoms. The van der Waals surface area contributed by atoms with Crippen LogP contribution in [0.4, 0.5) is 0 Å². The smallest absolute Gasteiger partial charge is 0.343 e. The van der Waals surface area contributed by atoms with Gasteiger partial charge in [0.05, 0.1) is 5.57 Å². The second-order valence-electron chi connectivity index (χ2n) is 4.83. The van der Waals surface area contributed by atoms with Gasteiger partial charge >= 0.3 is 5.97 Å². The van der Waals surface area contributed by atoms with E-state index in [1.165, 1.54) is 5.56 Å². The first-order valence-corrected chi connectivity index (χ1v) is 7.28. The Morgan fingerprint density at radius 2 is 2.05 bits per heavy atom. The molecule has 0 radical (unpaired) electrons. The lowest BCUT2D eigenvalue weighted by Crippen LogP contribution is -1.97. The van der Waals surface area contributed by atoms with Gasteiger partial charge in [-0.3, -0.25) is 0 Å². The molecule has 2 aromatic rings. The van der Waals surface area contributed by atoms with Gasteiger partial charge in [-0.25, -0.2) is 4.79 Å². The maximum Gasteiger partial charge on any atom is 0.343 e. The highest BCUT2D eigenvalue weighted by atomic mass is 32.1. The molecule has 0 amide bonds. The van der Waals surface area contributed by atoms with Gasteiger partial charge in [-0.15, -0.1) is 11.3 Å². The first kappa shape index (κ1) is 12.9. The van der Waals surface area contributed by atoms with E-state index < -0.39 is 0 Å². The van der Waals surface area contributed by atoms with Gasteiger partial charge in [0.2, 0.25) is 0 Å². The molecule has 0 aliphatic carbocycles. The van der Waals surface area contributed by atoms with Crippen molar-refractivity contribution in [2.24, 2.45) is 0 Å². The molecule has 0 N–H and O–H groups in total. The summed E-state index contributed by atoms with van der Waals surface area (Å²) in [5.41, 5.74) is 3.88. The Morgan fingerprint density at radius 1 is 1.20 bits per heavy atom. The van der Waals surface area contributed by atoms with E-state index in [1.54, 1.807) is 11.3 Å². The zero-order chi connectivity index (χ0) is 14.1. The van der Waals surface area contributed by atoms with Crippen LogP contribution < -0.4 is 0 Å². The fourth-order valence-electron chi connectivity index (χ4n) is 2.24. The summed E-state index contributed by atoms with van der Waals surface area (Å²) < 4.78 is 5.39. The van der Waals surface area contributed by atoms with Gasteiger partial charge in [0, 0.05) is 10.4 Å². The second kappa shape index (κ2) is 5.10. The average Bonchev–Trinajstić information content (AvgIpc) is 3.01. The highest BCUT2D eigenvalue weighted by Crippen LogP contribution is 2.30. The Hall–Kier alpha value is -2.13. The molecule has 2 heterocycles. The van der Waals surface area contributed by atoms with Gasteiger partial charge in [0.15, 0.2) is 0 Å². The molecule has 20 heavy (non-hydrogen) atoms. The number of ether oxygens (including phenoxy) is 1. The van der Waals surface area contributed by atoms with Crippen LogP contribution in [0.3, 0.4) is 0 Å². The summed E-state index contributed by atoms with van der Waals surface area (Å²) in [6.45, 7) is 4.08. The predicted octanol–water partition coefficient (Wildman–Crippen LogP) is 4.35. The molecule has 100 valence electrons. The minimum absolute atomic E-state index is 0.284. The highest BCUT2D eigenvalue weighted by Gasteiger charge is 2.22. The molecule has 0 unspecified atom stereocenters. The van der Waals surface area contributed by atoms with Crippen molar-refractivity contribution in [1.82, 2.24) is 0 Å². The van der Waals surface area contributed by atoms with E-state index in [0.717, 1.165) is 16.0 Å². The lowest BCUT2D eigenvalue weighted by molar-refractivity contribution is -0.130. The average molecular weight is 282 g/mol. The van der Waals surface area contributed by atoms with Crippen molar-refractivity contribution >= 4 is 29.1 Å². The zero-order valence-corrected chi connectivity index (χ0v) is 12.2. The van der Waals surface area contributed by atoms with Crippen LogP contribution in [-0.4, -0.2) is 5.97 Å². The summed E-state index contributed by atoms with van der Waals surface area (Å²) in [5.74, 6) is 0.351. The molecular formula is C17H14O2S. The molecule has 0 atom stereocenters. The van der Waals surface area contributed by atoms with Crippen LogP contribution in [0.15, 0.2) is 47.4 Å². The van der Waals surface area contributed by atoms with E-state index in [1.807, 2.05) is 55.6 Å². The predicted molar refractivity (Wildman–Crippen MR) is 82.3 cm³/mol. The minimum Gasteiger partial charge on any atom is -0.422 e. The number of benzene rings is 1. The molecule has 1 aromatic heterocycles. The minimum atomic E-state index is -0.284. The summed E-state index contributed by atoms with van der Waals surface area (Å²) in [7, 11) is 0. The number of aryl methyl sites for hydroxylation is 2. The lowest BCUT2D eigenvalue weighted by atomic mass is 10.0. The number of hydrogen-bond acceptors (Lipinski definition) is 3. The van der Waals surface area contributed by atoms with Crippen LogP contribution in [-0.2, 0) is 9.53 Å². The molecule has 1 aliphatic heterocycles. The van der Waals surface area contributed by atoms with Crippen molar-refractivity contribution in [3.8, 4) is 0 Å². The van der Waals surface area contributed by atoms with Crippen LogP contribution >= 0.6 is 11.3 Å². The molecule has 1 aromatic carbocycles. The number of hydrogen-bond donors (Lipinski definition) is 0. The van der Waals surface area contributed by atoms with E-state index in [0.29, 0.717) is 11.3 Å². The maximum absolute atomic E-state index is 11.9. The van der Waals surface area contributed by atoms with Gasteiger partial charge in [-0.1, -0.05) is 29.8 Å². The van der Waals surface area contributed by atoms with Crippen molar-refractivity contribution in [1.29, 1.82) is 0 Å². The summed E-state index contributed by atoms with van der Waals surface area (Å²) in [4.78, 5) is 13.0.